The summed E-state index contributed by atoms with van der Waals surface area (Å²) in [6, 6.07) is 11.7. The number of hydrogen-bond donors (Lipinski definition) is 3. The Morgan fingerprint density at radius 1 is 1.03 bits per heavy atom. The number of hydrogen-bond acceptors (Lipinski definition) is 5. The van der Waals surface area contributed by atoms with E-state index in [1.54, 1.807) is 6.92 Å². The van der Waals surface area contributed by atoms with Gasteiger partial charge in [0.1, 0.15) is 0 Å². The van der Waals surface area contributed by atoms with Gasteiger partial charge in [-0.25, -0.2) is 4.98 Å². The van der Waals surface area contributed by atoms with Crippen molar-refractivity contribution < 1.29 is 4.79 Å². The molecule has 0 unspecified atom stereocenters. The van der Waals surface area contributed by atoms with Crippen LogP contribution in [0.1, 0.15) is 46.8 Å². The number of nitrogens with one attached hydrogen (secondary N) is 2. The van der Waals surface area contributed by atoms with Crippen LogP contribution in [0.3, 0.4) is 0 Å². The number of carbonyl (C=O) groups is 1. The summed E-state index contributed by atoms with van der Waals surface area (Å²) in [5.41, 5.74) is 14.4. The van der Waals surface area contributed by atoms with Gasteiger partial charge in [0.05, 0.1) is 11.2 Å². The third-order valence-electron chi connectivity index (χ3n) is 6.69. The van der Waals surface area contributed by atoms with Crippen LogP contribution in [0, 0.1) is 5.41 Å². The second-order valence-electron chi connectivity index (χ2n) is 8.79. The maximum atomic E-state index is 12.8. The number of nitrogens with zero attached hydrogens (tertiary/aromatic N) is 2. The minimum absolute atomic E-state index is 0.0909. The normalized spacial score (nSPS) is 16.1. The van der Waals surface area contributed by atoms with Crippen LogP contribution in [0.25, 0.3) is 22.2 Å². The average Bonchev–Trinajstić information content (AvgIpc) is 2.83. The van der Waals surface area contributed by atoms with E-state index < -0.39 is 0 Å². The molecular formula is C26H29N5O. The van der Waals surface area contributed by atoms with Gasteiger partial charge in [0.2, 0.25) is 0 Å². The minimum Gasteiger partial charge on any atom is -0.398 e. The number of aromatic nitrogens is 1. The predicted molar refractivity (Wildman–Crippen MR) is 130 cm³/mol. The van der Waals surface area contributed by atoms with Gasteiger partial charge >= 0.3 is 0 Å². The van der Waals surface area contributed by atoms with Crippen LogP contribution in [0.5, 0.6) is 0 Å². The van der Waals surface area contributed by atoms with Gasteiger partial charge in [-0.3, -0.25) is 4.79 Å². The Morgan fingerprint density at radius 3 is 2.41 bits per heavy atom. The highest BCUT2D eigenvalue weighted by Gasteiger charge is 2.23. The van der Waals surface area contributed by atoms with Crippen LogP contribution in [0.15, 0.2) is 36.4 Å². The van der Waals surface area contributed by atoms with Gasteiger partial charge in [0.15, 0.2) is 0 Å². The standard InChI is InChI=1S/C26H29N5O/c1-16(27)23-21(28)10-11-22-24(23)19-4-2-3-5-20(19)25(30-22)17-6-8-18(9-7-17)26(32)31-14-12-29-13-15-31/h6-11,27,29H,2-5,12-15,28H2,1H3. The number of amides is 1. The van der Waals surface area contributed by atoms with E-state index in [1.165, 1.54) is 11.1 Å². The third kappa shape index (κ3) is 3.54. The molecule has 1 aromatic heterocycles. The maximum absolute atomic E-state index is 12.8. The van der Waals surface area contributed by atoms with E-state index in [4.69, 9.17) is 16.1 Å². The van der Waals surface area contributed by atoms with Gasteiger partial charge in [-0.2, -0.15) is 0 Å². The molecule has 2 heterocycles. The summed E-state index contributed by atoms with van der Waals surface area (Å²) in [6.07, 6.45) is 4.22. The third-order valence-corrected chi connectivity index (χ3v) is 6.69. The zero-order valence-corrected chi connectivity index (χ0v) is 18.5. The molecule has 1 aliphatic carbocycles. The summed E-state index contributed by atoms with van der Waals surface area (Å²) >= 11 is 0. The average molecular weight is 428 g/mol. The van der Waals surface area contributed by atoms with Gasteiger partial charge in [-0.05, 0) is 68.0 Å². The van der Waals surface area contributed by atoms with Crippen molar-refractivity contribution in [2.24, 2.45) is 0 Å². The molecule has 1 fully saturated rings. The summed E-state index contributed by atoms with van der Waals surface area (Å²) in [7, 11) is 0. The smallest absolute Gasteiger partial charge is 0.253 e. The molecule has 1 aliphatic heterocycles. The zero-order valence-electron chi connectivity index (χ0n) is 18.5. The van der Waals surface area contributed by atoms with Crippen LogP contribution in [-0.4, -0.2) is 47.7 Å². The van der Waals surface area contributed by atoms with Crippen molar-refractivity contribution in [3.8, 4) is 11.3 Å². The van der Waals surface area contributed by atoms with Gasteiger partial charge in [0, 0.05) is 59.7 Å². The lowest BCUT2D eigenvalue weighted by Gasteiger charge is -2.27. The molecule has 0 atom stereocenters. The van der Waals surface area contributed by atoms with E-state index in [1.807, 2.05) is 41.3 Å². The first-order valence-electron chi connectivity index (χ1n) is 11.4. The Bertz CT molecular complexity index is 1210. The molecule has 0 bridgehead atoms. The van der Waals surface area contributed by atoms with Crippen molar-refractivity contribution >= 4 is 28.2 Å². The molecule has 1 amide bonds. The fraction of sp³-hybridized carbons (Fsp3) is 0.346. The van der Waals surface area contributed by atoms with Gasteiger partial charge in [0.25, 0.3) is 5.91 Å². The molecular weight excluding hydrogens is 398 g/mol. The molecule has 0 spiro atoms. The summed E-state index contributed by atoms with van der Waals surface area (Å²) in [5.74, 6) is 0.0909. The Labute approximate surface area is 188 Å². The molecule has 3 aromatic rings. The molecule has 6 heteroatoms. The van der Waals surface area contributed by atoms with Crippen molar-refractivity contribution in [2.75, 3.05) is 31.9 Å². The predicted octanol–water partition coefficient (Wildman–Crippen LogP) is 3.80. The van der Waals surface area contributed by atoms with E-state index in [9.17, 15) is 4.79 Å². The summed E-state index contributed by atoms with van der Waals surface area (Å²) < 4.78 is 0. The van der Waals surface area contributed by atoms with Crippen LogP contribution in [0.2, 0.25) is 0 Å². The molecule has 0 saturated carbocycles. The maximum Gasteiger partial charge on any atom is 0.253 e. The fourth-order valence-electron chi connectivity index (χ4n) is 5.10. The highest BCUT2D eigenvalue weighted by molar-refractivity contribution is 6.13. The molecule has 2 aliphatic rings. The number of benzene rings is 2. The lowest BCUT2D eigenvalue weighted by atomic mass is 9.84. The van der Waals surface area contributed by atoms with Gasteiger partial charge in [-0.15, -0.1) is 0 Å². The number of pyridine rings is 1. The first-order chi connectivity index (χ1) is 15.5. The number of anilines is 1. The first kappa shape index (κ1) is 20.6. The zero-order chi connectivity index (χ0) is 22.2. The summed E-state index contributed by atoms with van der Waals surface area (Å²) in [6.45, 7) is 4.98. The highest BCUT2D eigenvalue weighted by atomic mass is 16.2. The first-order valence-corrected chi connectivity index (χ1v) is 11.4. The Hall–Kier alpha value is -3.25. The van der Waals surface area contributed by atoms with Crippen molar-refractivity contribution in [2.45, 2.75) is 32.6 Å². The number of fused-ring (bicyclic) bond motifs is 3. The number of aryl methyl sites for hydroxylation is 1. The van der Waals surface area contributed by atoms with E-state index in [0.29, 0.717) is 11.4 Å². The second-order valence-corrected chi connectivity index (χ2v) is 8.79. The SMILES string of the molecule is CC(=N)c1c(N)ccc2nc(-c3ccc(C(=O)N4CCNCC4)cc3)c3c(c12)CCCC3. The number of nitrogen functional groups attached to an aromatic ring is 1. The lowest BCUT2D eigenvalue weighted by Crippen LogP contribution is -2.46. The van der Waals surface area contributed by atoms with Gasteiger partial charge in [-0.1, -0.05) is 12.1 Å². The van der Waals surface area contributed by atoms with E-state index in [0.717, 1.165) is 85.1 Å². The topological polar surface area (TPSA) is 95.1 Å². The molecule has 1 saturated heterocycles. The van der Waals surface area contributed by atoms with Crippen molar-refractivity contribution in [1.82, 2.24) is 15.2 Å². The molecule has 0 radical (unpaired) electrons. The Kier molecular flexibility index (Phi) is 5.39. The highest BCUT2D eigenvalue weighted by Crippen LogP contribution is 2.38. The minimum atomic E-state index is 0.0909. The monoisotopic (exact) mass is 427 g/mol. The fourth-order valence-corrected chi connectivity index (χ4v) is 5.10. The Balaban J connectivity index is 1.59. The molecule has 6 nitrogen and oxygen atoms in total. The Morgan fingerprint density at radius 2 is 1.72 bits per heavy atom. The van der Waals surface area contributed by atoms with E-state index in [-0.39, 0.29) is 5.91 Å². The molecule has 164 valence electrons. The molecule has 4 N–H and O–H groups in total. The number of carbonyl (C=O) groups excluding carboxylic acids is 1. The van der Waals surface area contributed by atoms with Crippen molar-refractivity contribution in [3.63, 3.8) is 0 Å². The van der Waals surface area contributed by atoms with Crippen LogP contribution in [0.4, 0.5) is 5.69 Å². The van der Waals surface area contributed by atoms with Crippen molar-refractivity contribution in [1.29, 1.82) is 5.41 Å². The number of rotatable bonds is 3. The lowest BCUT2D eigenvalue weighted by molar-refractivity contribution is 0.0736. The van der Waals surface area contributed by atoms with E-state index >= 15 is 0 Å². The van der Waals surface area contributed by atoms with Crippen molar-refractivity contribution in [3.05, 3.63) is 58.7 Å². The molecule has 32 heavy (non-hydrogen) atoms. The largest absolute Gasteiger partial charge is 0.398 e. The summed E-state index contributed by atoms with van der Waals surface area (Å²) in [5, 5.41) is 12.6. The number of nitrogens with two attached hydrogens (primary N) is 1. The summed E-state index contributed by atoms with van der Waals surface area (Å²) in [4.78, 5) is 19.8. The molecule has 5 rings (SSSR count). The van der Waals surface area contributed by atoms with Gasteiger partial charge < -0.3 is 21.4 Å². The second kappa shape index (κ2) is 8.36. The van der Waals surface area contributed by atoms with E-state index in [2.05, 4.69) is 5.32 Å². The number of piperazine rings is 1. The molecule has 2 aromatic carbocycles. The van der Waals surface area contributed by atoms with Crippen LogP contribution in [-0.2, 0) is 12.8 Å². The van der Waals surface area contributed by atoms with Crippen LogP contribution < -0.4 is 11.1 Å². The van der Waals surface area contributed by atoms with Crippen LogP contribution >= 0.6 is 0 Å². The quantitative estimate of drug-likeness (QED) is 0.438.